The van der Waals surface area contributed by atoms with Crippen LogP contribution in [0.2, 0.25) is 0 Å². The molecule has 0 unspecified atom stereocenters. The van der Waals surface area contributed by atoms with E-state index < -0.39 is 0 Å². The monoisotopic (exact) mass is 194 g/mol. The number of rotatable bonds is 1. The molecule has 13 heavy (non-hydrogen) atoms. The van der Waals surface area contributed by atoms with E-state index in [0.717, 1.165) is 22.2 Å². The molecule has 0 aromatic carbocycles. The highest BCUT2D eigenvalue weighted by molar-refractivity contribution is 7.18. The van der Waals surface area contributed by atoms with Crippen molar-refractivity contribution in [1.82, 2.24) is 9.97 Å². The van der Waals surface area contributed by atoms with Gasteiger partial charge < -0.3 is 4.98 Å². The summed E-state index contributed by atoms with van der Waals surface area (Å²) < 4.78 is 0. The van der Waals surface area contributed by atoms with Gasteiger partial charge >= 0.3 is 0 Å². The smallest absolute Gasteiger partial charge is 0.259 e. The molecule has 0 radical (unpaired) electrons. The molecule has 0 aliphatic carbocycles. The van der Waals surface area contributed by atoms with Gasteiger partial charge in [-0.2, -0.15) is 0 Å². The lowest BCUT2D eigenvalue weighted by molar-refractivity contribution is 1.12. The van der Waals surface area contributed by atoms with Crippen molar-refractivity contribution in [3.8, 4) is 0 Å². The molecule has 2 aromatic heterocycles. The lowest BCUT2D eigenvalue weighted by atomic mass is 10.1. The van der Waals surface area contributed by atoms with Crippen molar-refractivity contribution in [2.75, 3.05) is 0 Å². The Morgan fingerprint density at radius 2 is 2.38 bits per heavy atom. The summed E-state index contributed by atoms with van der Waals surface area (Å²) in [6, 6.07) is 0. The molecule has 0 aliphatic rings. The van der Waals surface area contributed by atoms with Gasteiger partial charge in [0, 0.05) is 4.88 Å². The molecule has 0 amide bonds. The summed E-state index contributed by atoms with van der Waals surface area (Å²) in [5.41, 5.74) is 1.11. The molecule has 0 aliphatic heterocycles. The zero-order valence-electron chi connectivity index (χ0n) is 7.55. The first-order valence-corrected chi connectivity index (χ1v) is 5.01. The number of nitrogens with zero attached hydrogens (tertiary/aromatic N) is 1. The number of fused-ring (bicyclic) bond motifs is 1. The van der Waals surface area contributed by atoms with Gasteiger partial charge in [-0.15, -0.1) is 11.3 Å². The molecule has 68 valence electrons. The molecular formula is C9H10N2OS. The Balaban J connectivity index is 2.97. The fraction of sp³-hybridized carbons (Fsp3) is 0.333. The summed E-state index contributed by atoms with van der Waals surface area (Å²) in [5.74, 6) is 0. The number of aromatic amines is 1. The Labute approximate surface area is 79.4 Å². The molecule has 0 bridgehead atoms. The predicted molar refractivity (Wildman–Crippen MR) is 54.4 cm³/mol. The van der Waals surface area contributed by atoms with Crippen LogP contribution in [0.5, 0.6) is 0 Å². The van der Waals surface area contributed by atoms with Crippen LogP contribution in [0.25, 0.3) is 10.2 Å². The molecule has 0 spiro atoms. The van der Waals surface area contributed by atoms with E-state index in [1.54, 1.807) is 11.3 Å². The van der Waals surface area contributed by atoms with Crippen LogP contribution in [0.1, 0.15) is 17.4 Å². The van der Waals surface area contributed by atoms with E-state index in [-0.39, 0.29) is 5.56 Å². The quantitative estimate of drug-likeness (QED) is 0.753. The molecule has 3 nitrogen and oxygen atoms in total. The summed E-state index contributed by atoms with van der Waals surface area (Å²) in [5, 5.41) is 0.771. The van der Waals surface area contributed by atoms with E-state index in [4.69, 9.17) is 0 Å². The van der Waals surface area contributed by atoms with Crippen LogP contribution in [0.4, 0.5) is 0 Å². The summed E-state index contributed by atoms with van der Waals surface area (Å²) in [4.78, 5) is 20.3. The van der Waals surface area contributed by atoms with Gasteiger partial charge in [0.1, 0.15) is 4.83 Å². The van der Waals surface area contributed by atoms with Crippen LogP contribution in [0.3, 0.4) is 0 Å². The molecule has 4 heteroatoms. The number of H-pyrrole nitrogens is 1. The van der Waals surface area contributed by atoms with Crippen molar-refractivity contribution >= 4 is 21.6 Å². The minimum absolute atomic E-state index is 0.0220. The van der Waals surface area contributed by atoms with Crippen molar-refractivity contribution in [3.63, 3.8) is 0 Å². The molecule has 0 saturated carbocycles. The van der Waals surface area contributed by atoms with Crippen LogP contribution in [0, 0.1) is 6.92 Å². The highest BCUT2D eigenvalue weighted by Crippen LogP contribution is 2.26. The van der Waals surface area contributed by atoms with Crippen LogP contribution >= 0.6 is 11.3 Å². The number of nitrogens with one attached hydrogen (secondary N) is 1. The maximum absolute atomic E-state index is 11.5. The average Bonchev–Trinajstić information content (AvgIpc) is 2.42. The van der Waals surface area contributed by atoms with Crippen LogP contribution in [0.15, 0.2) is 11.1 Å². The van der Waals surface area contributed by atoms with E-state index >= 15 is 0 Å². The first-order chi connectivity index (χ1) is 6.24. The van der Waals surface area contributed by atoms with Gasteiger partial charge in [0.05, 0.1) is 11.7 Å². The van der Waals surface area contributed by atoms with Gasteiger partial charge in [0.15, 0.2) is 0 Å². The Morgan fingerprint density at radius 1 is 1.62 bits per heavy atom. The first kappa shape index (κ1) is 8.44. The number of thiophene rings is 1. The summed E-state index contributed by atoms with van der Waals surface area (Å²) in [6.07, 6.45) is 2.35. The topological polar surface area (TPSA) is 45.8 Å². The Kier molecular flexibility index (Phi) is 1.92. The lowest BCUT2D eigenvalue weighted by Gasteiger charge is -1.92. The summed E-state index contributed by atoms with van der Waals surface area (Å²) >= 11 is 1.59. The normalized spacial score (nSPS) is 10.9. The second-order valence-corrected chi connectivity index (χ2v) is 4.11. The standard InChI is InChI=1S/C9H10N2OS/c1-3-6-5(2)13-9-7(6)8(12)10-4-11-9/h4H,3H2,1-2H3,(H,10,11,12). The maximum Gasteiger partial charge on any atom is 0.259 e. The highest BCUT2D eigenvalue weighted by atomic mass is 32.1. The van der Waals surface area contributed by atoms with Gasteiger partial charge in [-0.3, -0.25) is 4.79 Å². The first-order valence-electron chi connectivity index (χ1n) is 4.19. The van der Waals surface area contributed by atoms with Crippen LogP contribution in [-0.4, -0.2) is 9.97 Å². The second-order valence-electron chi connectivity index (χ2n) is 2.90. The van der Waals surface area contributed by atoms with E-state index in [2.05, 4.69) is 16.9 Å². The van der Waals surface area contributed by atoms with E-state index in [1.165, 1.54) is 11.2 Å². The largest absolute Gasteiger partial charge is 0.313 e. The Morgan fingerprint density at radius 3 is 3.08 bits per heavy atom. The minimum atomic E-state index is -0.0220. The van der Waals surface area contributed by atoms with Crippen molar-refractivity contribution in [2.24, 2.45) is 0 Å². The molecular weight excluding hydrogens is 184 g/mol. The maximum atomic E-state index is 11.5. The lowest BCUT2D eigenvalue weighted by Crippen LogP contribution is -2.06. The van der Waals surface area contributed by atoms with Gasteiger partial charge in [0.2, 0.25) is 0 Å². The molecule has 2 rings (SSSR count). The second kappa shape index (κ2) is 2.96. The van der Waals surface area contributed by atoms with Crippen molar-refractivity contribution in [1.29, 1.82) is 0 Å². The summed E-state index contributed by atoms with van der Waals surface area (Å²) in [6.45, 7) is 4.09. The van der Waals surface area contributed by atoms with Gasteiger partial charge in [-0.1, -0.05) is 6.92 Å². The molecule has 2 heterocycles. The molecule has 0 atom stereocenters. The van der Waals surface area contributed by atoms with Gasteiger partial charge in [-0.05, 0) is 18.9 Å². The Hall–Kier alpha value is -1.16. The number of hydrogen-bond donors (Lipinski definition) is 1. The highest BCUT2D eigenvalue weighted by Gasteiger charge is 2.10. The van der Waals surface area contributed by atoms with Crippen LogP contribution in [-0.2, 0) is 6.42 Å². The fourth-order valence-electron chi connectivity index (χ4n) is 1.54. The third-order valence-electron chi connectivity index (χ3n) is 2.15. The zero-order chi connectivity index (χ0) is 9.42. The van der Waals surface area contributed by atoms with E-state index in [9.17, 15) is 4.79 Å². The third kappa shape index (κ3) is 1.18. The number of hydrogen-bond acceptors (Lipinski definition) is 3. The zero-order valence-corrected chi connectivity index (χ0v) is 8.36. The predicted octanol–water partition coefficient (Wildman–Crippen LogP) is 1.86. The molecule has 0 fully saturated rings. The SMILES string of the molecule is CCc1c(C)sc2nc[nH]c(=O)c12. The summed E-state index contributed by atoms with van der Waals surface area (Å²) in [7, 11) is 0. The van der Waals surface area contributed by atoms with Gasteiger partial charge in [0.25, 0.3) is 5.56 Å². The molecule has 2 aromatic rings. The van der Waals surface area contributed by atoms with Crippen molar-refractivity contribution in [3.05, 3.63) is 27.1 Å². The molecule has 1 N–H and O–H groups in total. The average molecular weight is 194 g/mol. The Bertz CT molecular complexity index is 498. The van der Waals surface area contributed by atoms with Crippen molar-refractivity contribution in [2.45, 2.75) is 20.3 Å². The van der Waals surface area contributed by atoms with Crippen molar-refractivity contribution < 1.29 is 0 Å². The van der Waals surface area contributed by atoms with Gasteiger partial charge in [-0.25, -0.2) is 4.98 Å². The van der Waals surface area contributed by atoms with E-state index in [1.807, 2.05) is 6.92 Å². The molecule has 0 saturated heterocycles. The number of aryl methyl sites for hydroxylation is 2. The van der Waals surface area contributed by atoms with Crippen LogP contribution < -0.4 is 5.56 Å². The number of aromatic nitrogens is 2. The third-order valence-corrected chi connectivity index (χ3v) is 3.20. The fourth-order valence-corrected chi connectivity index (χ4v) is 2.62. The minimum Gasteiger partial charge on any atom is -0.313 e. The van der Waals surface area contributed by atoms with E-state index in [0.29, 0.717) is 0 Å².